The Bertz CT molecular complexity index is 177. The van der Waals surface area contributed by atoms with Crippen molar-refractivity contribution in [1.82, 2.24) is 4.90 Å². The topological polar surface area (TPSA) is 57.6 Å². The van der Waals surface area contributed by atoms with Gasteiger partial charge in [0.05, 0.1) is 6.04 Å². The highest BCUT2D eigenvalue weighted by atomic mass is 16.4. The summed E-state index contributed by atoms with van der Waals surface area (Å²) in [6.07, 6.45) is 0.431. The summed E-state index contributed by atoms with van der Waals surface area (Å²) in [5, 5.41) is 8.40. The molecule has 0 rings (SSSR count). The smallest absolute Gasteiger partial charge is 0.303 e. The van der Waals surface area contributed by atoms with Gasteiger partial charge in [0.15, 0.2) is 0 Å². The van der Waals surface area contributed by atoms with Crippen molar-refractivity contribution in [3.8, 4) is 0 Å². The zero-order chi connectivity index (χ0) is 9.72. The van der Waals surface area contributed by atoms with Gasteiger partial charge in [0.2, 0.25) is 0 Å². The molecule has 0 bridgehead atoms. The van der Waals surface area contributed by atoms with E-state index in [4.69, 9.17) is 5.11 Å². The first-order valence-electron chi connectivity index (χ1n) is 3.83. The molecule has 0 aromatic carbocycles. The first kappa shape index (κ1) is 11.1. The number of carboxylic acids is 1. The molecular weight excluding hydrogens is 158 g/mol. The number of ketones is 1. The van der Waals surface area contributed by atoms with Gasteiger partial charge in [0.1, 0.15) is 5.78 Å². The molecule has 1 atom stereocenters. The fourth-order valence-corrected chi connectivity index (χ4v) is 1.09. The van der Waals surface area contributed by atoms with Crippen LogP contribution in [0.2, 0.25) is 0 Å². The Kier molecular flexibility index (Phi) is 4.51. The summed E-state index contributed by atoms with van der Waals surface area (Å²) in [5.74, 6) is -0.843. The Labute approximate surface area is 72.2 Å². The van der Waals surface area contributed by atoms with Crippen molar-refractivity contribution in [2.24, 2.45) is 0 Å². The lowest BCUT2D eigenvalue weighted by atomic mass is 10.1. The van der Waals surface area contributed by atoms with Gasteiger partial charge in [-0.15, -0.1) is 0 Å². The molecule has 0 saturated carbocycles. The Balaban J connectivity index is 3.97. The molecule has 0 amide bonds. The standard InChI is InChI=1S/C8H15NO3/c1-6(10)7(9(2)3)4-5-8(11)12/h7H,4-5H2,1-3H3,(H,11,12)/t7-/m1/s1. The molecule has 70 valence electrons. The quantitative estimate of drug-likeness (QED) is 0.652. The van der Waals surface area contributed by atoms with Crippen molar-refractivity contribution < 1.29 is 14.7 Å². The van der Waals surface area contributed by atoms with Gasteiger partial charge in [0.25, 0.3) is 0 Å². The van der Waals surface area contributed by atoms with E-state index in [0.717, 1.165) is 0 Å². The number of hydrogen-bond donors (Lipinski definition) is 1. The number of nitrogens with zero attached hydrogens (tertiary/aromatic N) is 1. The average Bonchev–Trinajstić information content (AvgIpc) is 1.84. The molecule has 4 nitrogen and oxygen atoms in total. The summed E-state index contributed by atoms with van der Waals surface area (Å²) in [4.78, 5) is 22.9. The molecule has 0 radical (unpaired) electrons. The van der Waals surface area contributed by atoms with Crippen LogP contribution in [-0.4, -0.2) is 41.9 Å². The van der Waals surface area contributed by atoms with E-state index >= 15 is 0 Å². The number of Topliss-reactive ketones (excluding diaryl/α,β-unsaturated/α-hetero) is 1. The van der Waals surface area contributed by atoms with Gasteiger partial charge in [-0.1, -0.05) is 0 Å². The van der Waals surface area contributed by atoms with Gasteiger partial charge in [0, 0.05) is 6.42 Å². The highest BCUT2D eigenvalue weighted by Gasteiger charge is 2.17. The fraction of sp³-hybridized carbons (Fsp3) is 0.750. The van der Waals surface area contributed by atoms with E-state index in [1.54, 1.807) is 19.0 Å². The predicted octanol–water partition coefficient (Wildman–Crippen LogP) is 0.370. The van der Waals surface area contributed by atoms with E-state index in [1.165, 1.54) is 6.92 Å². The molecule has 4 heteroatoms. The summed E-state index contributed by atoms with van der Waals surface area (Å²) in [6, 6.07) is -0.263. The zero-order valence-corrected chi connectivity index (χ0v) is 7.70. The Morgan fingerprint density at radius 1 is 1.42 bits per heavy atom. The van der Waals surface area contributed by atoms with E-state index < -0.39 is 5.97 Å². The van der Waals surface area contributed by atoms with E-state index in [2.05, 4.69) is 0 Å². The summed E-state index contributed by atoms with van der Waals surface area (Å²) >= 11 is 0. The number of carboxylic acid groups (broad SMARTS) is 1. The second-order valence-electron chi connectivity index (χ2n) is 3.02. The number of aliphatic carboxylic acids is 1. The van der Waals surface area contributed by atoms with Gasteiger partial charge in [-0.25, -0.2) is 0 Å². The molecule has 0 heterocycles. The maximum absolute atomic E-state index is 11.0. The predicted molar refractivity (Wildman–Crippen MR) is 45.0 cm³/mol. The molecule has 0 aromatic heterocycles. The van der Waals surface area contributed by atoms with Crippen LogP contribution in [-0.2, 0) is 9.59 Å². The largest absolute Gasteiger partial charge is 0.481 e. The number of rotatable bonds is 5. The third-order valence-electron chi connectivity index (χ3n) is 1.72. The highest BCUT2D eigenvalue weighted by Crippen LogP contribution is 2.04. The third kappa shape index (κ3) is 4.08. The Morgan fingerprint density at radius 3 is 2.17 bits per heavy atom. The van der Waals surface area contributed by atoms with Gasteiger partial charge in [-0.05, 0) is 27.4 Å². The van der Waals surface area contributed by atoms with Crippen LogP contribution in [0.4, 0.5) is 0 Å². The molecule has 0 aliphatic rings. The lowest BCUT2D eigenvalue weighted by molar-refractivity contribution is -0.137. The van der Waals surface area contributed by atoms with E-state index in [-0.39, 0.29) is 18.2 Å². The highest BCUT2D eigenvalue weighted by molar-refractivity contribution is 5.82. The number of hydrogen-bond acceptors (Lipinski definition) is 3. The summed E-state index contributed by atoms with van der Waals surface area (Å²) in [5.41, 5.74) is 0. The van der Waals surface area contributed by atoms with Crippen LogP contribution >= 0.6 is 0 Å². The normalized spacial score (nSPS) is 13.0. The number of likely N-dealkylation sites (N-methyl/N-ethyl adjacent to an activating group) is 1. The first-order chi connectivity index (χ1) is 5.45. The fourth-order valence-electron chi connectivity index (χ4n) is 1.09. The molecule has 0 fully saturated rings. The van der Waals surface area contributed by atoms with Crippen LogP contribution < -0.4 is 0 Å². The molecule has 1 N–H and O–H groups in total. The lowest BCUT2D eigenvalue weighted by Crippen LogP contribution is -2.34. The monoisotopic (exact) mass is 173 g/mol. The van der Waals surface area contributed by atoms with Crippen LogP contribution in [0.1, 0.15) is 19.8 Å². The maximum Gasteiger partial charge on any atom is 0.303 e. The molecule has 0 saturated heterocycles. The second-order valence-corrected chi connectivity index (χ2v) is 3.02. The van der Waals surface area contributed by atoms with Crippen molar-refractivity contribution in [3.05, 3.63) is 0 Å². The molecule has 0 aliphatic heterocycles. The Morgan fingerprint density at radius 2 is 1.92 bits per heavy atom. The van der Waals surface area contributed by atoms with Crippen molar-refractivity contribution in [3.63, 3.8) is 0 Å². The van der Waals surface area contributed by atoms with E-state index in [9.17, 15) is 9.59 Å². The molecule has 0 unspecified atom stereocenters. The molecular formula is C8H15NO3. The van der Waals surface area contributed by atoms with Crippen molar-refractivity contribution >= 4 is 11.8 Å². The van der Waals surface area contributed by atoms with E-state index in [1.807, 2.05) is 0 Å². The van der Waals surface area contributed by atoms with Crippen LogP contribution in [0.5, 0.6) is 0 Å². The summed E-state index contributed by atoms with van der Waals surface area (Å²) in [7, 11) is 3.54. The molecule has 0 spiro atoms. The molecule has 12 heavy (non-hydrogen) atoms. The van der Waals surface area contributed by atoms with Crippen molar-refractivity contribution in [2.45, 2.75) is 25.8 Å². The molecule has 0 aromatic rings. The van der Waals surface area contributed by atoms with Crippen LogP contribution in [0.25, 0.3) is 0 Å². The zero-order valence-electron chi connectivity index (χ0n) is 7.70. The maximum atomic E-state index is 11.0. The second kappa shape index (κ2) is 4.87. The SMILES string of the molecule is CC(=O)[C@@H](CCC(=O)O)N(C)C. The minimum Gasteiger partial charge on any atom is -0.481 e. The van der Waals surface area contributed by atoms with Gasteiger partial charge >= 0.3 is 5.97 Å². The van der Waals surface area contributed by atoms with Crippen molar-refractivity contribution in [1.29, 1.82) is 0 Å². The number of carbonyl (C=O) groups excluding carboxylic acids is 1. The van der Waals surface area contributed by atoms with E-state index in [0.29, 0.717) is 6.42 Å². The van der Waals surface area contributed by atoms with Gasteiger partial charge < -0.3 is 5.11 Å². The average molecular weight is 173 g/mol. The van der Waals surface area contributed by atoms with Crippen LogP contribution in [0.3, 0.4) is 0 Å². The van der Waals surface area contributed by atoms with Crippen molar-refractivity contribution in [2.75, 3.05) is 14.1 Å². The third-order valence-corrected chi connectivity index (χ3v) is 1.72. The lowest BCUT2D eigenvalue weighted by Gasteiger charge is -2.20. The Hall–Kier alpha value is -0.900. The minimum absolute atomic E-state index is 0.0150. The minimum atomic E-state index is -0.858. The van der Waals surface area contributed by atoms with Gasteiger partial charge in [-0.3, -0.25) is 14.5 Å². The summed E-state index contributed by atoms with van der Waals surface area (Å²) in [6.45, 7) is 1.48. The summed E-state index contributed by atoms with van der Waals surface area (Å²) < 4.78 is 0. The first-order valence-corrected chi connectivity index (χ1v) is 3.83. The molecule has 0 aliphatic carbocycles. The number of carbonyl (C=O) groups is 2. The van der Waals surface area contributed by atoms with Gasteiger partial charge in [-0.2, -0.15) is 0 Å². The van der Waals surface area contributed by atoms with Crippen LogP contribution in [0.15, 0.2) is 0 Å². The van der Waals surface area contributed by atoms with Crippen LogP contribution in [0, 0.1) is 0 Å².